The van der Waals surface area contributed by atoms with Gasteiger partial charge in [0.25, 0.3) is 0 Å². The van der Waals surface area contributed by atoms with Crippen molar-refractivity contribution < 1.29 is 17.9 Å². The highest BCUT2D eigenvalue weighted by Gasteiger charge is 2.28. The van der Waals surface area contributed by atoms with Gasteiger partial charge in [-0.05, 0) is 18.9 Å². The fourth-order valence-corrected chi connectivity index (χ4v) is 3.14. The molecule has 0 aromatic carbocycles. The molecule has 1 aliphatic heterocycles. The summed E-state index contributed by atoms with van der Waals surface area (Å²) in [5.41, 5.74) is 0.603. The lowest BCUT2D eigenvalue weighted by Crippen LogP contribution is -2.40. The van der Waals surface area contributed by atoms with Gasteiger partial charge in [-0.1, -0.05) is 0 Å². The Labute approximate surface area is 124 Å². The van der Waals surface area contributed by atoms with Gasteiger partial charge in [-0.25, -0.2) is 17.7 Å². The van der Waals surface area contributed by atoms with Crippen LogP contribution in [0.2, 0.25) is 0 Å². The predicted octanol–water partition coefficient (Wildman–Crippen LogP) is 0.700. The molecule has 21 heavy (non-hydrogen) atoms. The highest BCUT2D eigenvalue weighted by molar-refractivity contribution is 7.88. The third kappa shape index (κ3) is 4.15. The number of nitrogens with one attached hydrogen (secondary N) is 1. The van der Waals surface area contributed by atoms with E-state index in [0.717, 1.165) is 0 Å². The second-order valence-electron chi connectivity index (χ2n) is 5.01. The number of aromatic nitrogens is 1. The maximum atomic E-state index is 12.1. The maximum Gasteiger partial charge on any atom is 0.227 e. The van der Waals surface area contributed by atoms with Gasteiger partial charge >= 0.3 is 0 Å². The van der Waals surface area contributed by atoms with E-state index in [0.29, 0.717) is 37.5 Å². The molecule has 1 aromatic heterocycles. The van der Waals surface area contributed by atoms with E-state index in [4.69, 9.17) is 4.74 Å². The molecular weight excluding hydrogens is 294 g/mol. The Kier molecular flexibility index (Phi) is 4.79. The fourth-order valence-electron chi connectivity index (χ4n) is 2.27. The van der Waals surface area contributed by atoms with Crippen molar-refractivity contribution in [1.82, 2.24) is 9.29 Å². The summed E-state index contributed by atoms with van der Waals surface area (Å²) in [6, 6.07) is 3.39. The van der Waals surface area contributed by atoms with Crippen molar-refractivity contribution >= 4 is 21.6 Å². The molecule has 1 fully saturated rings. The fraction of sp³-hybridized carbons (Fsp3) is 0.538. The molecule has 116 valence electrons. The number of piperidine rings is 1. The molecule has 0 bridgehead atoms. The molecule has 0 spiro atoms. The third-order valence-electron chi connectivity index (χ3n) is 3.51. The molecule has 1 saturated heterocycles. The van der Waals surface area contributed by atoms with E-state index in [-0.39, 0.29) is 11.8 Å². The van der Waals surface area contributed by atoms with E-state index >= 15 is 0 Å². The van der Waals surface area contributed by atoms with Crippen molar-refractivity contribution in [2.45, 2.75) is 12.8 Å². The smallest absolute Gasteiger partial charge is 0.227 e. The molecule has 0 aliphatic carbocycles. The van der Waals surface area contributed by atoms with E-state index < -0.39 is 10.0 Å². The van der Waals surface area contributed by atoms with Gasteiger partial charge < -0.3 is 10.1 Å². The summed E-state index contributed by atoms with van der Waals surface area (Å²) in [6.07, 6.45) is 3.78. The molecule has 1 aliphatic rings. The Hall–Kier alpha value is -1.67. The van der Waals surface area contributed by atoms with E-state index in [1.54, 1.807) is 12.1 Å². The van der Waals surface area contributed by atoms with Crippen molar-refractivity contribution in [3.63, 3.8) is 0 Å². The first-order valence-electron chi connectivity index (χ1n) is 6.66. The average Bonchev–Trinajstić information content (AvgIpc) is 2.47. The van der Waals surface area contributed by atoms with Crippen LogP contribution in [0.4, 0.5) is 5.69 Å². The molecule has 2 rings (SSSR count). The number of carbonyl (C=O) groups excluding carboxylic acids is 1. The number of carbonyl (C=O) groups is 1. The van der Waals surface area contributed by atoms with E-state index in [1.165, 1.54) is 23.9 Å². The first-order chi connectivity index (χ1) is 9.90. The number of amides is 1. The lowest BCUT2D eigenvalue weighted by Gasteiger charge is -2.29. The van der Waals surface area contributed by atoms with Crippen LogP contribution in [-0.4, -0.2) is 50.1 Å². The number of anilines is 1. The summed E-state index contributed by atoms with van der Waals surface area (Å²) in [7, 11) is -1.64. The minimum absolute atomic E-state index is 0.102. The number of rotatable bonds is 4. The standard InChI is InChI=1S/C13H19N3O4S/c1-20-12-4-3-11(9-14-12)15-13(17)10-5-7-16(8-6-10)21(2,18)19/h3-4,9-10H,5-8H2,1-2H3,(H,15,17). The number of sulfonamides is 1. The molecule has 1 amide bonds. The van der Waals surface area contributed by atoms with Gasteiger partial charge in [-0.3, -0.25) is 4.79 Å². The zero-order valence-electron chi connectivity index (χ0n) is 12.1. The number of methoxy groups -OCH3 is 1. The molecule has 1 N–H and O–H groups in total. The van der Waals surface area contributed by atoms with Crippen LogP contribution in [0.15, 0.2) is 18.3 Å². The van der Waals surface area contributed by atoms with Gasteiger partial charge in [-0.15, -0.1) is 0 Å². The van der Waals surface area contributed by atoms with Crippen LogP contribution < -0.4 is 10.1 Å². The SMILES string of the molecule is COc1ccc(NC(=O)C2CCN(S(C)(=O)=O)CC2)cn1. The van der Waals surface area contributed by atoms with Crippen LogP contribution in [0.3, 0.4) is 0 Å². The summed E-state index contributed by atoms with van der Waals surface area (Å²) >= 11 is 0. The van der Waals surface area contributed by atoms with Crippen molar-refractivity contribution in [2.24, 2.45) is 5.92 Å². The largest absolute Gasteiger partial charge is 0.481 e. The van der Waals surface area contributed by atoms with Crippen LogP contribution in [0, 0.1) is 5.92 Å². The normalized spacial score (nSPS) is 17.4. The number of pyridine rings is 1. The van der Waals surface area contributed by atoms with E-state index in [2.05, 4.69) is 10.3 Å². The number of ether oxygens (including phenoxy) is 1. The van der Waals surface area contributed by atoms with Gasteiger partial charge in [0.05, 0.1) is 25.2 Å². The molecule has 0 radical (unpaired) electrons. The molecule has 8 heteroatoms. The number of nitrogens with zero attached hydrogens (tertiary/aromatic N) is 2. The maximum absolute atomic E-state index is 12.1. The summed E-state index contributed by atoms with van der Waals surface area (Å²) in [4.78, 5) is 16.2. The third-order valence-corrected chi connectivity index (χ3v) is 4.81. The highest BCUT2D eigenvalue weighted by atomic mass is 32.2. The Morgan fingerprint density at radius 3 is 2.52 bits per heavy atom. The highest BCUT2D eigenvalue weighted by Crippen LogP contribution is 2.21. The lowest BCUT2D eigenvalue weighted by atomic mass is 9.97. The Bertz CT molecular complexity index is 592. The van der Waals surface area contributed by atoms with Gasteiger partial charge in [0.1, 0.15) is 0 Å². The monoisotopic (exact) mass is 313 g/mol. The van der Waals surface area contributed by atoms with Crippen LogP contribution in [-0.2, 0) is 14.8 Å². The second-order valence-corrected chi connectivity index (χ2v) is 7.00. The summed E-state index contributed by atoms with van der Waals surface area (Å²) < 4.78 is 29.2. The zero-order valence-corrected chi connectivity index (χ0v) is 12.9. The molecule has 0 atom stereocenters. The molecule has 1 aromatic rings. The molecule has 7 nitrogen and oxygen atoms in total. The summed E-state index contributed by atoms with van der Waals surface area (Å²) in [5.74, 6) is 0.203. The van der Waals surface area contributed by atoms with Crippen LogP contribution in [0.25, 0.3) is 0 Å². The zero-order chi connectivity index (χ0) is 15.5. The predicted molar refractivity (Wildman–Crippen MR) is 78.6 cm³/mol. The lowest BCUT2D eigenvalue weighted by molar-refractivity contribution is -0.120. The summed E-state index contributed by atoms with van der Waals surface area (Å²) in [5, 5.41) is 2.79. The van der Waals surface area contributed by atoms with Gasteiger partial charge in [0.15, 0.2) is 0 Å². The van der Waals surface area contributed by atoms with Crippen molar-refractivity contribution in [3.8, 4) is 5.88 Å². The van der Waals surface area contributed by atoms with Crippen LogP contribution in [0.1, 0.15) is 12.8 Å². The van der Waals surface area contributed by atoms with Crippen molar-refractivity contribution in [3.05, 3.63) is 18.3 Å². The summed E-state index contributed by atoms with van der Waals surface area (Å²) in [6.45, 7) is 0.773. The van der Waals surface area contributed by atoms with E-state index in [1.807, 2.05) is 0 Å². The molecule has 2 heterocycles. The molecule has 0 unspecified atom stereocenters. The molecular formula is C13H19N3O4S. The average molecular weight is 313 g/mol. The Balaban J connectivity index is 1.90. The van der Waals surface area contributed by atoms with E-state index in [9.17, 15) is 13.2 Å². The van der Waals surface area contributed by atoms with Gasteiger partial charge in [0.2, 0.25) is 21.8 Å². The van der Waals surface area contributed by atoms with Gasteiger partial charge in [0, 0.05) is 25.1 Å². The second kappa shape index (κ2) is 6.40. The first-order valence-corrected chi connectivity index (χ1v) is 8.51. The Morgan fingerprint density at radius 2 is 2.05 bits per heavy atom. The van der Waals surface area contributed by atoms with Crippen molar-refractivity contribution in [1.29, 1.82) is 0 Å². The van der Waals surface area contributed by atoms with Crippen LogP contribution >= 0.6 is 0 Å². The number of hydrogen-bond donors (Lipinski definition) is 1. The van der Waals surface area contributed by atoms with Crippen molar-refractivity contribution in [2.75, 3.05) is 31.8 Å². The number of hydrogen-bond acceptors (Lipinski definition) is 5. The topological polar surface area (TPSA) is 88.6 Å². The minimum atomic E-state index is -3.16. The molecule has 0 saturated carbocycles. The first kappa shape index (κ1) is 15.7. The quantitative estimate of drug-likeness (QED) is 0.884. The Morgan fingerprint density at radius 1 is 1.38 bits per heavy atom. The minimum Gasteiger partial charge on any atom is -0.481 e. The van der Waals surface area contributed by atoms with Gasteiger partial charge in [-0.2, -0.15) is 0 Å². The van der Waals surface area contributed by atoms with Crippen LogP contribution in [0.5, 0.6) is 5.88 Å².